The van der Waals surface area contributed by atoms with Gasteiger partial charge in [0.1, 0.15) is 12.6 Å². The number of amides is 2. The molecule has 1 aliphatic rings. The number of carbonyl (C=O) groups is 2. The zero-order chi connectivity index (χ0) is 19.2. The number of aryl methyl sites for hydroxylation is 2. The molecule has 142 valence electrons. The van der Waals surface area contributed by atoms with Crippen molar-refractivity contribution in [2.75, 3.05) is 5.32 Å². The van der Waals surface area contributed by atoms with Gasteiger partial charge in [0.25, 0.3) is 0 Å². The molecule has 2 N–H and O–H groups in total. The van der Waals surface area contributed by atoms with Crippen molar-refractivity contribution in [2.24, 2.45) is 5.92 Å². The maximum atomic E-state index is 12.7. The number of ether oxygens (including phenoxy) is 1. The highest BCUT2D eigenvalue weighted by atomic mass is 16.5. The van der Waals surface area contributed by atoms with Crippen molar-refractivity contribution in [1.82, 2.24) is 5.32 Å². The lowest BCUT2D eigenvalue weighted by molar-refractivity contribution is -0.119. The number of benzene rings is 2. The third-order valence-electron chi connectivity index (χ3n) is 4.80. The Morgan fingerprint density at radius 3 is 2.52 bits per heavy atom. The second-order valence-electron chi connectivity index (χ2n) is 7.25. The lowest BCUT2D eigenvalue weighted by Crippen LogP contribution is -2.47. The fourth-order valence-electron chi connectivity index (χ4n) is 3.30. The maximum absolute atomic E-state index is 12.7. The van der Waals surface area contributed by atoms with Crippen LogP contribution in [-0.4, -0.2) is 18.0 Å². The van der Waals surface area contributed by atoms with Crippen molar-refractivity contribution in [2.45, 2.75) is 45.8 Å². The van der Waals surface area contributed by atoms with E-state index >= 15 is 0 Å². The standard InChI is InChI=1S/C22H26N2O3/c1-15(2)20(24-22(26)27-14-16-7-4-3-5-8-16)21(25)23-19-12-11-17-9-6-10-18(17)13-19/h3-5,7-8,11-13,15,20H,6,9-10,14H2,1-2H3,(H,23,25)(H,24,26)/t20-/m0/s1. The first kappa shape index (κ1) is 19.0. The van der Waals surface area contributed by atoms with Gasteiger partial charge >= 0.3 is 6.09 Å². The molecule has 5 heteroatoms. The summed E-state index contributed by atoms with van der Waals surface area (Å²) in [4.78, 5) is 24.8. The zero-order valence-electron chi connectivity index (χ0n) is 15.8. The minimum Gasteiger partial charge on any atom is -0.445 e. The van der Waals surface area contributed by atoms with Crippen LogP contribution >= 0.6 is 0 Å². The number of carbonyl (C=O) groups excluding carboxylic acids is 2. The number of nitrogens with one attached hydrogen (secondary N) is 2. The van der Waals surface area contributed by atoms with Crippen molar-refractivity contribution in [1.29, 1.82) is 0 Å². The molecule has 0 saturated carbocycles. The minimum atomic E-state index is -0.665. The van der Waals surface area contributed by atoms with E-state index in [0.29, 0.717) is 0 Å². The van der Waals surface area contributed by atoms with Crippen LogP contribution in [0.25, 0.3) is 0 Å². The maximum Gasteiger partial charge on any atom is 0.408 e. The molecule has 0 aromatic heterocycles. The van der Waals surface area contributed by atoms with Crippen LogP contribution in [0.1, 0.15) is 37.0 Å². The van der Waals surface area contributed by atoms with Crippen LogP contribution in [0, 0.1) is 5.92 Å². The fourth-order valence-corrected chi connectivity index (χ4v) is 3.30. The molecule has 0 unspecified atom stereocenters. The van der Waals surface area contributed by atoms with E-state index in [0.717, 1.165) is 30.5 Å². The Bertz CT molecular complexity index is 802. The molecule has 0 aliphatic heterocycles. The summed E-state index contributed by atoms with van der Waals surface area (Å²) in [5.41, 5.74) is 4.32. The van der Waals surface area contributed by atoms with Gasteiger partial charge in [-0.15, -0.1) is 0 Å². The van der Waals surface area contributed by atoms with Gasteiger partial charge in [0, 0.05) is 5.69 Å². The van der Waals surface area contributed by atoms with Crippen LogP contribution in [0.3, 0.4) is 0 Å². The highest BCUT2D eigenvalue weighted by molar-refractivity contribution is 5.96. The van der Waals surface area contributed by atoms with E-state index in [1.54, 1.807) is 0 Å². The number of hydrogen-bond acceptors (Lipinski definition) is 3. The van der Waals surface area contributed by atoms with Crippen molar-refractivity contribution in [3.8, 4) is 0 Å². The number of alkyl carbamates (subject to hydrolysis) is 1. The molecule has 2 aromatic carbocycles. The second kappa shape index (κ2) is 8.71. The van der Waals surface area contributed by atoms with Crippen LogP contribution in [0.5, 0.6) is 0 Å². The van der Waals surface area contributed by atoms with Crippen LogP contribution in [0.4, 0.5) is 10.5 Å². The summed E-state index contributed by atoms with van der Waals surface area (Å²) in [7, 11) is 0. The number of anilines is 1. The van der Waals surface area contributed by atoms with Crippen molar-refractivity contribution in [3.63, 3.8) is 0 Å². The molecule has 0 saturated heterocycles. The van der Waals surface area contributed by atoms with Crippen molar-refractivity contribution < 1.29 is 14.3 Å². The van der Waals surface area contributed by atoms with E-state index in [1.807, 2.05) is 56.3 Å². The Labute approximate surface area is 160 Å². The summed E-state index contributed by atoms with van der Waals surface area (Å²) in [6.07, 6.45) is 2.72. The Morgan fingerprint density at radius 2 is 1.78 bits per heavy atom. The van der Waals surface area contributed by atoms with E-state index in [2.05, 4.69) is 16.7 Å². The van der Waals surface area contributed by atoms with E-state index in [4.69, 9.17) is 4.74 Å². The van der Waals surface area contributed by atoms with Gasteiger partial charge in [0.2, 0.25) is 5.91 Å². The van der Waals surface area contributed by atoms with E-state index in [-0.39, 0.29) is 18.4 Å². The van der Waals surface area contributed by atoms with Crippen LogP contribution in [-0.2, 0) is 29.0 Å². The third kappa shape index (κ3) is 5.09. The summed E-state index contributed by atoms with van der Waals surface area (Å²) in [6, 6.07) is 14.8. The molecule has 0 radical (unpaired) electrons. The lowest BCUT2D eigenvalue weighted by Gasteiger charge is -2.21. The summed E-state index contributed by atoms with van der Waals surface area (Å²) in [5.74, 6) is -0.302. The summed E-state index contributed by atoms with van der Waals surface area (Å²) in [6.45, 7) is 3.96. The highest BCUT2D eigenvalue weighted by Crippen LogP contribution is 2.25. The van der Waals surface area contributed by atoms with E-state index < -0.39 is 12.1 Å². The molecule has 5 nitrogen and oxygen atoms in total. The Hall–Kier alpha value is -2.82. The first-order valence-corrected chi connectivity index (χ1v) is 9.43. The van der Waals surface area contributed by atoms with E-state index in [1.165, 1.54) is 11.1 Å². The van der Waals surface area contributed by atoms with Gasteiger partial charge in [-0.25, -0.2) is 4.79 Å². The average molecular weight is 366 g/mol. The Kier molecular flexibility index (Phi) is 6.12. The van der Waals surface area contributed by atoms with Gasteiger partial charge in [-0.2, -0.15) is 0 Å². The highest BCUT2D eigenvalue weighted by Gasteiger charge is 2.25. The Balaban J connectivity index is 1.57. The normalized spacial score (nSPS) is 13.7. The molecule has 2 amide bonds. The molecule has 2 aromatic rings. The predicted molar refractivity (Wildman–Crippen MR) is 105 cm³/mol. The predicted octanol–water partition coefficient (Wildman–Crippen LogP) is 4.06. The van der Waals surface area contributed by atoms with Gasteiger partial charge in [0.15, 0.2) is 0 Å². The quantitative estimate of drug-likeness (QED) is 0.810. The second-order valence-corrected chi connectivity index (χ2v) is 7.25. The molecule has 0 heterocycles. The first-order valence-electron chi connectivity index (χ1n) is 9.43. The monoisotopic (exact) mass is 366 g/mol. The molecular formula is C22H26N2O3. The summed E-state index contributed by atoms with van der Waals surface area (Å²) in [5, 5.41) is 5.61. The average Bonchev–Trinajstić information content (AvgIpc) is 3.12. The van der Waals surface area contributed by atoms with Gasteiger partial charge in [-0.05, 0) is 54.0 Å². The Morgan fingerprint density at radius 1 is 1.04 bits per heavy atom. The SMILES string of the molecule is CC(C)[C@H](NC(=O)OCc1ccccc1)C(=O)Nc1ccc2c(c1)CCC2. The smallest absolute Gasteiger partial charge is 0.408 e. The number of rotatable bonds is 6. The van der Waals surface area contributed by atoms with E-state index in [9.17, 15) is 9.59 Å². The van der Waals surface area contributed by atoms with Gasteiger partial charge in [0.05, 0.1) is 0 Å². The lowest BCUT2D eigenvalue weighted by atomic mass is 10.0. The molecule has 1 atom stereocenters. The van der Waals surface area contributed by atoms with Crippen molar-refractivity contribution in [3.05, 3.63) is 65.2 Å². The summed E-state index contributed by atoms with van der Waals surface area (Å²) < 4.78 is 5.24. The zero-order valence-corrected chi connectivity index (χ0v) is 15.8. The van der Waals surface area contributed by atoms with Crippen molar-refractivity contribution >= 4 is 17.7 Å². The molecule has 27 heavy (non-hydrogen) atoms. The topological polar surface area (TPSA) is 67.4 Å². The third-order valence-corrected chi connectivity index (χ3v) is 4.80. The van der Waals surface area contributed by atoms with Crippen LogP contribution in [0.15, 0.2) is 48.5 Å². The molecular weight excluding hydrogens is 340 g/mol. The molecule has 0 spiro atoms. The number of hydrogen-bond donors (Lipinski definition) is 2. The summed E-state index contributed by atoms with van der Waals surface area (Å²) >= 11 is 0. The van der Waals surface area contributed by atoms with Crippen LogP contribution < -0.4 is 10.6 Å². The van der Waals surface area contributed by atoms with Gasteiger partial charge in [-0.3, -0.25) is 4.79 Å². The number of fused-ring (bicyclic) bond motifs is 1. The molecule has 0 bridgehead atoms. The van der Waals surface area contributed by atoms with Gasteiger partial charge in [-0.1, -0.05) is 50.2 Å². The fraction of sp³-hybridized carbons (Fsp3) is 0.364. The van der Waals surface area contributed by atoms with Gasteiger partial charge < -0.3 is 15.4 Å². The van der Waals surface area contributed by atoms with Crippen LogP contribution in [0.2, 0.25) is 0 Å². The largest absolute Gasteiger partial charge is 0.445 e. The molecule has 0 fully saturated rings. The first-order chi connectivity index (χ1) is 13.0. The molecule has 1 aliphatic carbocycles. The minimum absolute atomic E-state index is 0.0660. The molecule has 3 rings (SSSR count).